The van der Waals surface area contributed by atoms with Crippen molar-refractivity contribution in [2.24, 2.45) is 0 Å². The molecule has 0 N–H and O–H groups in total. The van der Waals surface area contributed by atoms with Gasteiger partial charge in [-0.05, 0) is 6.42 Å². The van der Waals surface area contributed by atoms with Gasteiger partial charge in [0.2, 0.25) is 5.91 Å². The Labute approximate surface area is 89.0 Å². The topological polar surface area (TPSA) is 20.3 Å². The van der Waals surface area contributed by atoms with Gasteiger partial charge in [0.1, 0.15) is 0 Å². The first-order valence-electron chi connectivity index (χ1n) is 4.69. The van der Waals surface area contributed by atoms with E-state index in [4.69, 9.17) is 11.6 Å². The highest BCUT2D eigenvalue weighted by Gasteiger charge is 2.20. The van der Waals surface area contributed by atoms with E-state index in [0.29, 0.717) is 17.6 Å². The highest BCUT2D eigenvalue weighted by molar-refractivity contribution is 7.99. The minimum Gasteiger partial charge on any atom is -0.341 e. The largest absolute Gasteiger partial charge is 0.341 e. The predicted molar refractivity (Wildman–Crippen MR) is 58.5 cm³/mol. The molecule has 0 saturated carbocycles. The van der Waals surface area contributed by atoms with Crippen molar-refractivity contribution in [1.82, 2.24) is 4.90 Å². The summed E-state index contributed by atoms with van der Waals surface area (Å²) >= 11 is 7.48. The van der Waals surface area contributed by atoms with E-state index in [-0.39, 0.29) is 5.91 Å². The highest BCUT2D eigenvalue weighted by Crippen LogP contribution is 2.18. The smallest absolute Gasteiger partial charge is 0.222 e. The number of rotatable bonds is 3. The van der Waals surface area contributed by atoms with E-state index in [9.17, 15) is 4.79 Å². The van der Waals surface area contributed by atoms with Gasteiger partial charge in [0.25, 0.3) is 0 Å². The molecule has 4 heteroatoms. The van der Waals surface area contributed by atoms with Crippen LogP contribution in [0.25, 0.3) is 0 Å². The maximum atomic E-state index is 11.6. The van der Waals surface area contributed by atoms with Crippen molar-refractivity contribution in [3.8, 4) is 0 Å². The van der Waals surface area contributed by atoms with E-state index in [2.05, 4.69) is 6.92 Å². The Hall–Kier alpha value is 0.110. The average molecular weight is 222 g/mol. The lowest BCUT2D eigenvalue weighted by Gasteiger charge is -2.30. The van der Waals surface area contributed by atoms with Crippen LogP contribution in [0.5, 0.6) is 0 Å². The zero-order valence-corrected chi connectivity index (χ0v) is 9.53. The van der Waals surface area contributed by atoms with Crippen molar-refractivity contribution in [3.63, 3.8) is 0 Å². The van der Waals surface area contributed by atoms with E-state index in [1.165, 1.54) is 0 Å². The molecule has 1 heterocycles. The Bertz CT molecular complexity index is 177. The molecule has 1 atom stereocenters. The summed E-state index contributed by atoms with van der Waals surface area (Å²) in [6, 6.07) is 0. The third-order valence-corrected chi connectivity index (χ3v) is 3.52. The molecule has 13 heavy (non-hydrogen) atoms. The number of carbonyl (C=O) groups is 1. The molecule has 0 aromatic heterocycles. The number of hydrogen-bond acceptors (Lipinski definition) is 2. The summed E-state index contributed by atoms with van der Waals surface area (Å²) in [5.74, 6) is 1.94. The van der Waals surface area contributed by atoms with Crippen molar-refractivity contribution >= 4 is 29.3 Å². The molecule has 0 aromatic rings. The summed E-state index contributed by atoms with van der Waals surface area (Å²) in [6.07, 6.45) is 1.42. The third-order valence-electron chi connectivity index (χ3n) is 2.12. The standard InChI is InChI=1S/C9H16ClNOS/c1-8-7-11(5-6-13-8)9(12)3-2-4-10/h8H,2-7H2,1H3. The summed E-state index contributed by atoms with van der Waals surface area (Å²) in [5.41, 5.74) is 0. The van der Waals surface area contributed by atoms with E-state index >= 15 is 0 Å². The lowest BCUT2D eigenvalue weighted by Crippen LogP contribution is -2.40. The molecule has 0 bridgehead atoms. The van der Waals surface area contributed by atoms with Gasteiger partial charge in [0.15, 0.2) is 0 Å². The lowest BCUT2D eigenvalue weighted by molar-refractivity contribution is -0.131. The van der Waals surface area contributed by atoms with Crippen LogP contribution < -0.4 is 0 Å². The molecule has 0 radical (unpaired) electrons. The summed E-state index contributed by atoms with van der Waals surface area (Å²) in [6.45, 7) is 3.99. The van der Waals surface area contributed by atoms with E-state index < -0.39 is 0 Å². The second-order valence-electron chi connectivity index (χ2n) is 3.31. The van der Waals surface area contributed by atoms with Crippen molar-refractivity contribution in [3.05, 3.63) is 0 Å². The fourth-order valence-corrected chi connectivity index (χ4v) is 2.57. The molecular formula is C9H16ClNOS. The number of thioether (sulfide) groups is 1. The number of hydrogen-bond donors (Lipinski definition) is 0. The monoisotopic (exact) mass is 221 g/mol. The Morgan fingerprint density at radius 1 is 1.69 bits per heavy atom. The molecule has 0 aromatic carbocycles. The fraction of sp³-hybridized carbons (Fsp3) is 0.889. The van der Waals surface area contributed by atoms with Gasteiger partial charge in [0, 0.05) is 36.4 Å². The van der Waals surface area contributed by atoms with Gasteiger partial charge in [-0.3, -0.25) is 4.79 Å². The summed E-state index contributed by atoms with van der Waals surface area (Å²) in [4.78, 5) is 13.5. The number of alkyl halides is 1. The molecular weight excluding hydrogens is 206 g/mol. The zero-order chi connectivity index (χ0) is 9.68. The summed E-state index contributed by atoms with van der Waals surface area (Å²) < 4.78 is 0. The second-order valence-corrected chi connectivity index (χ2v) is 5.24. The van der Waals surface area contributed by atoms with Gasteiger partial charge < -0.3 is 4.90 Å². The number of halogens is 1. The Morgan fingerprint density at radius 2 is 2.46 bits per heavy atom. The Kier molecular flexibility index (Phi) is 4.96. The third kappa shape index (κ3) is 3.77. The van der Waals surface area contributed by atoms with Crippen LogP contribution in [-0.4, -0.2) is 40.8 Å². The van der Waals surface area contributed by atoms with Gasteiger partial charge in [-0.2, -0.15) is 11.8 Å². The van der Waals surface area contributed by atoms with E-state index in [1.807, 2.05) is 16.7 Å². The van der Waals surface area contributed by atoms with Crippen molar-refractivity contribution in [1.29, 1.82) is 0 Å². The molecule has 1 aliphatic heterocycles. The number of carbonyl (C=O) groups excluding carboxylic acids is 1. The number of nitrogens with zero attached hydrogens (tertiary/aromatic N) is 1. The quantitative estimate of drug-likeness (QED) is 0.680. The molecule has 0 spiro atoms. The molecule has 1 aliphatic rings. The lowest BCUT2D eigenvalue weighted by atomic mass is 10.3. The van der Waals surface area contributed by atoms with Crippen LogP contribution in [0.2, 0.25) is 0 Å². The van der Waals surface area contributed by atoms with Crippen LogP contribution in [0.4, 0.5) is 0 Å². The van der Waals surface area contributed by atoms with Crippen LogP contribution in [0.3, 0.4) is 0 Å². The van der Waals surface area contributed by atoms with E-state index in [0.717, 1.165) is 25.3 Å². The van der Waals surface area contributed by atoms with Crippen LogP contribution in [0, 0.1) is 0 Å². The van der Waals surface area contributed by atoms with Crippen LogP contribution in [0.15, 0.2) is 0 Å². The molecule has 1 amide bonds. The van der Waals surface area contributed by atoms with Gasteiger partial charge >= 0.3 is 0 Å². The first-order valence-corrected chi connectivity index (χ1v) is 6.27. The second kappa shape index (κ2) is 5.76. The van der Waals surface area contributed by atoms with Gasteiger partial charge in [-0.25, -0.2) is 0 Å². The first-order chi connectivity index (χ1) is 6.24. The van der Waals surface area contributed by atoms with Gasteiger partial charge in [-0.15, -0.1) is 11.6 Å². The maximum absolute atomic E-state index is 11.6. The minimum atomic E-state index is 0.271. The van der Waals surface area contributed by atoms with Crippen LogP contribution in [-0.2, 0) is 4.79 Å². The first kappa shape index (κ1) is 11.2. The number of amides is 1. The molecule has 1 saturated heterocycles. The average Bonchev–Trinajstić information content (AvgIpc) is 2.14. The van der Waals surface area contributed by atoms with Gasteiger partial charge in [0.05, 0.1) is 0 Å². The SMILES string of the molecule is CC1CN(C(=O)CCCCl)CCS1. The van der Waals surface area contributed by atoms with Crippen LogP contribution in [0.1, 0.15) is 19.8 Å². The summed E-state index contributed by atoms with van der Waals surface area (Å²) in [7, 11) is 0. The van der Waals surface area contributed by atoms with Crippen molar-refractivity contribution in [2.45, 2.75) is 25.0 Å². The predicted octanol–water partition coefficient (Wildman–Crippen LogP) is 1.97. The molecule has 1 fully saturated rings. The summed E-state index contributed by atoms with van der Waals surface area (Å²) in [5, 5.41) is 0.591. The molecule has 1 rings (SSSR count). The Balaban J connectivity index is 2.28. The Morgan fingerprint density at radius 3 is 3.08 bits per heavy atom. The normalized spacial score (nSPS) is 23.2. The molecule has 0 aliphatic carbocycles. The minimum absolute atomic E-state index is 0.271. The molecule has 1 unspecified atom stereocenters. The van der Waals surface area contributed by atoms with Crippen LogP contribution >= 0.6 is 23.4 Å². The molecule has 76 valence electrons. The maximum Gasteiger partial charge on any atom is 0.222 e. The highest BCUT2D eigenvalue weighted by atomic mass is 35.5. The van der Waals surface area contributed by atoms with Crippen molar-refractivity contribution in [2.75, 3.05) is 24.7 Å². The zero-order valence-electron chi connectivity index (χ0n) is 7.96. The fourth-order valence-electron chi connectivity index (χ4n) is 1.42. The molecule has 2 nitrogen and oxygen atoms in total. The van der Waals surface area contributed by atoms with E-state index in [1.54, 1.807) is 0 Å². The van der Waals surface area contributed by atoms with Gasteiger partial charge in [-0.1, -0.05) is 6.92 Å². The van der Waals surface area contributed by atoms with Crippen molar-refractivity contribution < 1.29 is 4.79 Å².